The largest absolute Gasteiger partial charge is 0.493 e. The van der Waals surface area contributed by atoms with Gasteiger partial charge in [-0.15, -0.1) is 30.6 Å². The van der Waals surface area contributed by atoms with Crippen LogP contribution in [-0.2, 0) is 0 Å². The lowest BCUT2D eigenvalue weighted by Crippen LogP contribution is -2.30. The number of ether oxygens (including phenoxy) is 2. The van der Waals surface area contributed by atoms with E-state index in [9.17, 15) is 0 Å². The molecule has 0 unspecified atom stereocenters. The fourth-order valence-corrected chi connectivity index (χ4v) is 1.51. The number of anilines is 1. The second kappa shape index (κ2) is 10.4. The van der Waals surface area contributed by atoms with Gasteiger partial charge in [0.25, 0.3) is 0 Å². The molecule has 20 heavy (non-hydrogen) atoms. The number of aliphatic imine (C=N–C) groups is 1. The molecule has 1 rings (SSSR count). The number of hydrogen-bond acceptors (Lipinski definition) is 3. The zero-order valence-corrected chi connectivity index (χ0v) is 14.4. The normalized spacial score (nSPS) is 10.2. The molecule has 6 heteroatoms. The summed E-state index contributed by atoms with van der Waals surface area (Å²) in [5.41, 5.74) is 0.876. The molecule has 0 bridgehead atoms. The highest BCUT2D eigenvalue weighted by atomic mass is 127. The molecule has 0 aliphatic rings. The van der Waals surface area contributed by atoms with Gasteiger partial charge in [-0.3, -0.25) is 4.99 Å². The lowest BCUT2D eigenvalue weighted by atomic mass is 10.2. The second-order valence-corrected chi connectivity index (χ2v) is 3.67. The molecule has 0 aromatic heterocycles. The maximum atomic E-state index is 5.52. The molecular weight excluding hydrogens is 369 g/mol. The van der Waals surface area contributed by atoms with E-state index in [-0.39, 0.29) is 24.0 Å². The van der Waals surface area contributed by atoms with Gasteiger partial charge in [0.2, 0.25) is 0 Å². The number of rotatable bonds is 6. The second-order valence-electron chi connectivity index (χ2n) is 3.67. The van der Waals surface area contributed by atoms with Crippen molar-refractivity contribution < 1.29 is 9.47 Å². The number of hydrogen-bond donors (Lipinski definition) is 2. The van der Waals surface area contributed by atoms with Gasteiger partial charge < -0.3 is 20.1 Å². The summed E-state index contributed by atoms with van der Waals surface area (Å²) < 4.78 is 10.8. The third kappa shape index (κ3) is 5.68. The van der Waals surface area contributed by atoms with Gasteiger partial charge in [0, 0.05) is 25.3 Å². The van der Waals surface area contributed by atoms with Gasteiger partial charge in [-0.05, 0) is 19.1 Å². The quantitative estimate of drug-likeness (QED) is 0.339. The lowest BCUT2D eigenvalue weighted by molar-refractivity contribution is 0.311. The van der Waals surface area contributed by atoms with Crippen molar-refractivity contribution in [1.29, 1.82) is 0 Å². The highest BCUT2D eigenvalue weighted by Gasteiger charge is 2.06. The van der Waals surface area contributed by atoms with Crippen molar-refractivity contribution in [3.05, 3.63) is 30.9 Å². The molecule has 0 saturated heterocycles. The van der Waals surface area contributed by atoms with Gasteiger partial charge >= 0.3 is 0 Å². The van der Waals surface area contributed by atoms with Crippen LogP contribution < -0.4 is 20.1 Å². The average molecular weight is 391 g/mol. The van der Waals surface area contributed by atoms with E-state index in [0.29, 0.717) is 30.6 Å². The van der Waals surface area contributed by atoms with Crippen molar-refractivity contribution in [3.63, 3.8) is 0 Å². The van der Waals surface area contributed by atoms with E-state index in [1.54, 1.807) is 20.2 Å². The van der Waals surface area contributed by atoms with Crippen LogP contribution >= 0.6 is 24.0 Å². The first-order chi connectivity index (χ1) is 9.24. The average Bonchev–Trinajstić information content (AvgIpc) is 2.44. The van der Waals surface area contributed by atoms with Gasteiger partial charge in [0.05, 0.1) is 13.7 Å². The lowest BCUT2D eigenvalue weighted by Gasteiger charge is -2.14. The molecule has 0 saturated carbocycles. The van der Waals surface area contributed by atoms with E-state index in [1.165, 1.54) is 0 Å². The van der Waals surface area contributed by atoms with Gasteiger partial charge in [0.1, 0.15) is 0 Å². The topological polar surface area (TPSA) is 54.9 Å². The van der Waals surface area contributed by atoms with Gasteiger partial charge in [-0.25, -0.2) is 0 Å². The Morgan fingerprint density at radius 1 is 1.40 bits per heavy atom. The molecule has 0 atom stereocenters. The third-order valence-electron chi connectivity index (χ3n) is 2.36. The molecule has 0 spiro atoms. The summed E-state index contributed by atoms with van der Waals surface area (Å²) in [6, 6.07) is 5.64. The summed E-state index contributed by atoms with van der Waals surface area (Å²) in [5.74, 6) is 2.09. The molecule has 1 aromatic carbocycles. The molecule has 2 N–H and O–H groups in total. The minimum Gasteiger partial charge on any atom is -0.493 e. The first-order valence-corrected chi connectivity index (χ1v) is 6.14. The number of halogens is 1. The molecule has 0 heterocycles. The molecule has 0 aliphatic heterocycles. The number of nitrogens with one attached hydrogen (secondary N) is 2. The van der Waals surface area contributed by atoms with Gasteiger partial charge in [-0.2, -0.15) is 0 Å². The van der Waals surface area contributed by atoms with E-state index < -0.39 is 0 Å². The van der Waals surface area contributed by atoms with Crippen LogP contribution in [0, 0.1) is 0 Å². The van der Waals surface area contributed by atoms with Gasteiger partial charge in [-0.1, -0.05) is 6.08 Å². The maximum Gasteiger partial charge on any atom is 0.195 e. The Morgan fingerprint density at radius 3 is 2.70 bits per heavy atom. The number of benzene rings is 1. The molecule has 0 fully saturated rings. The molecule has 0 aliphatic carbocycles. The molecule has 1 aromatic rings. The number of methoxy groups -OCH3 is 1. The number of nitrogens with zero attached hydrogens (tertiary/aromatic N) is 1. The van der Waals surface area contributed by atoms with E-state index in [0.717, 1.165) is 5.69 Å². The Labute approximate surface area is 137 Å². The minimum atomic E-state index is 0. The molecule has 5 nitrogen and oxygen atoms in total. The predicted molar refractivity (Wildman–Crippen MR) is 94.8 cm³/mol. The predicted octanol–water partition coefficient (Wildman–Crippen LogP) is 2.89. The van der Waals surface area contributed by atoms with Crippen molar-refractivity contribution in [2.45, 2.75) is 6.92 Å². The first kappa shape index (κ1) is 18.6. The van der Waals surface area contributed by atoms with Crippen LogP contribution in [0.15, 0.2) is 35.8 Å². The van der Waals surface area contributed by atoms with Crippen molar-refractivity contribution in [2.75, 3.05) is 32.6 Å². The van der Waals surface area contributed by atoms with Crippen LogP contribution in [0.5, 0.6) is 11.5 Å². The number of guanidine groups is 1. The standard InChI is InChI=1S/C14H21N3O2.HI/c1-5-9-16-14(15-3)17-11-7-8-12(18-4)13(10-11)19-6-2;/h5,7-8,10H,1,6,9H2,2-4H3,(H2,15,16,17);1H. The Morgan fingerprint density at radius 2 is 2.15 bits per heavy atom. The van der Waals surface area contributed by atoms with Crippen molar-refractivity contribution in [2.24, 2.45) is 4.99 Å². The monoisotopic (exact) mass is 391 g/mol. The fraction of sp³-hybridized carbons (Fsp3) is 0.357. The van der Waals surface area contributed by atoms with Gasteiger partial charge in [0.15, 0.2) is 17.5 Å². The molecule has 112 valence electrons. The molecular formula is C14H22IN3O2. The maximum absolute atomic E-state index is 5.52. The first-order valence-electron chi connectivity index (χ1n) is 6.14. The Bertz CT molecular complexity index is 450. The highest BCUT2D eigenvalue weighted by Crippen LogP contribution is 2.30. The Balaban J connectivity index is 0.00000361. The zero-order valence-electron chi connectivity index (χ0n) is 12.1. The third-order valence-corrected chi connectivity index (χ3v) is 2.36. The molecule has 0 amide bonds. The highest BCUT2D eigenvalue weighted by molar-refractivity contribution is 14.0. The van der Waals surface area contributed by atoms with Crippen LogP contribution in [0.1, 0.15) is 6.92 Å². The van der Waals surface area contributed by atoms with Crippen LogP contribution in [0.4, 0.5) is 5.69 Å². The minimum absolute atomic E-state index is 0. The Kier molecular flexibility index (Phi) is 9.61. The summed E-state index contributed by atoms with van der Waals surface area (Å²) >= 11 is 0. The van der Waals surface area contributed by atoms with Crippen LogP contribution in [0.3, 0.4) is 0 Å². The summed E-state index contributed by atoms with van der Waals surface area (Å²) in [7, 11) is 3.33. The van der Waals surface area contributed by atoms with Crippen LogP contribution in [0.2, 0.25) is 0 Å². The molecule has 0 radical (unpaired) electrons. The van der Waals surface area contributed by atoms with Crippen LogP contribution in [-0.4, -0.2) is 33.3 Å². The van der Waals surface area contributed by atoms with Crippen molar-refractivity contribution >= 4 is 35.6 Å². The van der Waals surface area contributed by atoms with E-state index in [1.807, 2.05) is 25.1 Å². The summed E-state index contributed by atoms with van der Waals surface area (Å²) in [6.45, 7) is 6.82. The van der Waals surface area contributed by atoms with E-state index >= 15 is 0 Å². The fourth-order valence-electron chi connectivity index (χ4n) is 1.51. The Hall–Kier alpha value is -1.44. The zero-order chi connectivity index (χ0) is 14.1. The summed E-state index contributed by atoms with van der Waals surface area (Å²) in [6.07, 6.45) is 1.77. The van der Waals surface area contributed by atoms with E-state index in [4.69, 9.17) is 9.47 Å². The van der Waals surface area contributed by atoms with Crippen LogP contribution in [0.25, 0.3) is 0 Å². The SMILES string of the molecule is C=CCNC(=NC)Nc1ccc(OC)c(OCC)c1.I. The summed E-state index contributed by atoms with van der Waals surface area (Å²) in [5, 5.41) is 6.27. The van der Waals surface area contributed by atoms with Crippen molar-refractivity contribution in [3.8, 4) is 11.5 Å². The van der Waals surface area contributed by atoms with Crippen molar-refractivity contribution in [1.82, 2.24) is 5.32 Å². The summed E-state index contributed by atoms with van der Waals surface area (Å²) in [4.78, 5) is 4.11. The smallest absolute Gasteiger partial charge is 0.195 e. The van der Waals surface area contributed by atoms with E-state index in [2.05, 4.69) is 22.2 Å².